The summed E-state index contributed by atoms with van der Waals surface area (Å²) in [5, 5.41) is 0.513. The molecule has 4 aromatic rings. The number of hydrogen-bond donors (Lipinski definition) is 0. The van der Waals surface area contributed by atoms with Crippen molar-refractivity contribution in [3.8, 4) is 5.75 Å². The first kappa shape index (κ1) is 29.0. The molecule has 3 aliphatic carbocycles. The molecule has 2 amide bonds. The number of ether oxygens (including phenoxy) is 2. The van der Waals surface area contributed by atoms with E-state index in [1.54, 1.807) is 0 Å². The quantitative estimate of drug-likeness (QED) is 0.108. The van der Waals surface area contributed by atoms with Crippen molar-refractivity contribution >= 4 is 52.7 Å². The van der Waals surface area contributed by atoms with Crippen molar-refractivity contribution in [1.29, 1.82) is 0 Å². The number of ketones is 1. The number of halogens is 2. The first-order chi connectivity index (χ1) is 21.7. The van der Waals surface area contributed by atoms with Gasteiger partial charge in [-0.05, 0) is 64.7 Å². The Balaban J connectivity index is 0.989. The van der Waals surface area contributed by atoms with Crippen LogP contribution >= 0.6 is 23.2 Å². The lowest BCUT2D eigenvalue weighted by atomic mass is 9.55. The van der Waals surface area contributed by atoms with Crippen LogP contribution in [0.25, 0.3) is 0 Å². The van der Waals surface area contributed by atoms with E-state index in [1.807, 2.05) is 48.5 Å². The van der Waals surface area contributed by atoms with Crippen molar-refractivity contribution < 1.29 is 33.4 Å². The van der Waals surface area contributed by atoms with Crippen LogP contribution < -0.4 is 4.74 Å². The third-order valence-electron chi connectivity index (χ3n) is 8.73. The molecule has 4 aromatic carbocycles. The minimum Gasteiger partial charge on any atom is -0.456 e. The van der Waals surface area contributed by atoms with E-state index in [9.17, 15) is 24.0 Å². The van der Waals surface area contributed by atoms with Crippen molar-refractivity contribution in [3.63, 3.8) is 0 Å². The van der Waals surface area contributed by atoms with Crippen LogP contribution in [-0.4, -0.2) is 47.6 Å². The van der Waals surface area contributed by atoms with Crippen LogP contribution in [0.2, 0.25) is 10.0 Å². The maximum atomic E-state index is 13.7. The largest absolute Gasteiger partial charge is 0.456 e. The van der Waals surface area contributed by atoms with E-state index in [4.69, 9.17) is 32.7 Å². The molecule has 1 heterocycles. The highest BCUT2D eigenvalue weighted by molar-refractivity contribution is 6.42. The van der Waals surface area contributed by atoms with E-state index < -0.39 is 54.5 Å². The van der Waals surface area contributed by atoms with Gasteiger partial charge in [-0.25, -0.2) is 4.79 Å². The molecular formula is C35H23Cl2NO7. The Kier molecular flexibility index (Phi) is 7.26. The summed E-state index contributed by atoms with van der Waals surface area (Å²) >= 11 is 11.8. The Morgan fingerprint density at radius 1 is 0.667 bits per heavy atom. The highest BCUT2D eigenvalue weighted by atomic mass is 35.5. The van der Waals surface area contributed by atoms with Gasteiger partial charge in [0.25, 0.3) is 0 Å². The van der Waals surface area contributed by atoms with Crippen LogP contribution in [0.4, 0.5) is 0 Å². The number of likely N-dealkylation sites (tertiary alicyclic amines) is 1. The molecule has 4 aliphatic rings. The number of esters is 2. The average molecular weight is 640 g/mol. The van der Waals surface area contributed by atoms with E-state index >= 15 is 0 Å². The summed E-state index contributed by atoms with van der Waals surface area (Å²) in [6.45, 7) is -1.17. The summed E-state index contributed by atoms with van der Waals surface area (Å²) in [4.78, 5) is 66.3. The van der Waals surface area contributed by atoms with Crippen molar-refractivity contribution in [2.45, 2.75) is 11.8 Å². The molecule has 0 aromatic heterocycles. The molecular weight excluding hydrogens is 617 g/mol. The summed E-state index contributed by atoms with van der Waals surface area (Å²) in [7, 11) is 0. The molecule has 45 heavy (non-hydrogen) atoms. The number of amides is 2. The zero-order valence-corrected chi connectivity index (χ0v) is 25.0. The van der Waals surface area contributed by atoms with Gasteiger partial charge in [-0.3, -0.25) is 24.1 Å². The molecule has 8 nitrogen and oxygen atoms in total. The van der Waals surface area contributed by atoms with Crippen LogP contribution in [0.15, 0.2) is 91.0 Å². The van der Waals surface area contributed by atoms with Crippen LogP contribution in [0.5, 0.6) is 5.75 Å². The summed E-state index contributed by atoms with van der Waals surface area (Å²) in [5.74, 6) is -4.43. The van der Waals surface area contributed by atoms with Gasteiger partial charge in [0.05, 0.1) is 27.4 Å². The van der Waals surface area contributed by atoms with E-state index in [1.165, 1.54) is 42.5 Å². The van der Waals surface area contributed by atoms with E-state index in [0.29, 0.717) is 5.02 Å². The molecule has 0 radical (unpaired) electrons. The zero-order chi connectivity index (χ0) is 31.4. The van der Waals surface area contributed by atoms with Gasteiger partial charge in [0.2, 0.25) is 11.8 Å². The molecule has 224 valence electrons. The zero-order valence-electron chi connectivity index (χ0n) is 23.4. The summed E-state index contributed by atoms with van der Waals surface area (Å²) < 4.78 is 10.5. The highest BCUT2D eigenvalue weighted by Gasteiger charge is 2.61. The molecule has 0 spiro atoms. The maximum Gasteiger partial charge on any atom is 0.343 e. The number of Topliss-reactive ketones (excluding diaryl/α,β-unsaturated/α-hetero) is 1. The lowest BCUT2D eigenvalue weighted by Crippen LogP contribution is -2.41. The van der Waals surface area contributed by atoms with Gasteiger partial charge >= 0.3 is 11.9 Å². The van der Waals surface area contributed by atoms with Gasteiger partial charge in [-0.1, -0.05) is 71.7 Å². The summed E-state index contributed by atoms with van der Waals surface area (Å²) in [6.07, 6.45) is 0. The SMILES string of the molecule is O=C(CN1C(=O)C2C3c4ccccc4C(c4ccccc43)C2C1=O)OCC(=O)c1ccc(OC(=O)c2ccc(Cl)c(Cl)c2)cc1. The number of hydrogen-bond acceptors (Lipinski definition) is 7. The lowest BCUT2D eigenvalue weighted by Gasteiger charge is -2.45. The third-order valence-corrected chi connectivity index (χ3v) is 9.47. The Morgan fingerprint density at radius 2 is 1.18 bits per heavy atom. The fourth-order valence-electron chi connectivity index (χ4n) is 6.80. The topological polar surface area (TPSA) is 107 Å². The van der Waals surface area contributed by atoms with Crippen LogP contribution in [-0.2, 0) is 19.1 Å². The molecule has 2 unspecified atom stereocenters. The minimum absolute atomic E-state index is 0.186. The van der Waals surface area contributed by atoms with E-state index in [-0.39, 0.29) is 33.7 Å². The first-order valence-corrected chi connectivity index (χ1v) is 15.0. The molecule has 1 aliphatic heterocycles. The van der Waals surface area contributed by atoms with Crippen molar-refractivity contribution in [2.75, 3.05) is 13.2 Å². The predicted octanol–water partition coefficient (Wildman–Crippen LogP) is 5.83. The molecule has 8 rings (SSSR count). The third kappa shape index (κ3) is 4.90. The highest BCUT2D eigenvalue weighted by Crippen LogP contribution is 2.60. The average Bonchev–Trinajstić information content (AvgIpc) is 3.30. The monoisotopic (exact) mass is 639 g/mol. The Morgan fingerprint density at radius 3 is 1.69 bits per heavy atom. The van der Waals surface area contributed by atoms with Gasteiger partial charge in [-0.15, -0.1) is 0 Å². The molecule has 0 saturated carbocycles. The van der Waals surface area contributed by atoms with E-state index in [2.05, 4.69) is 0 Å². The molecule has 0 N–H and O–H groups in total. The number of benzene rings is 4. The fourth-order valence-corrected chi connectivity index (χ4v) is 7.10. The van der Waals surface area contributed by atoms with Gasteiger partial charge in [0.15, 0.2) is 12.4 Å². The summed E-state index contributed by atoms with van der Waals surface area (Å²) in [5.41, 5.74) is 4.56. The van der Waals surface area contributed by atoms with Crippen LogP contribution in [0.1, 0.15) is 54.8 Å². The second kappa shape index (κ2) is 11.3. The summed E-state index contributed by atoms with van der Waals surface area (Å²) in [6, 6.07) is 25.8. The Hall–Kier alpha value is -4.79. The number of rotatable bonds is 7. The van der Waals surface area contributed by atoms with E-state index in [0.717, 1.165) is 27.2 Å². The maximum absolute atomic E-state index is 13.7. The van der Waals surface area contributed by atoms with Crippen molar-refractivity contribution in [1.82, 2.24) is 4.90 Å². The number of carbonyl (C=O) groups is 5. The van der Waals surface area contributed by atoms with Crippen LogP contribution in [0, 0.1) is 11.8 Å². The van der Waals surface area contributed by atoms with Gasteiger partial charge in [-0.2, -0.15) is 0 Å². The predicted molar refractivity (Wildman–Crippen MR) is 163 cm³/mol. The molecule has 10 heteroatoms. The van der Waals surface area contributed by atoms with Crippen molar-refractivity contribution in [3.05, 3.63) is 134 Å². The molecule has 2 bridgehead atoms. The Labute approximate surface area is 267 Å². The van der Waals surface area contributed by atoms with Gasteiger partial charge < -0.3 is 9.47 Å². The Bertz CT molecular complexity index is 1810. The number of carbonyl (C=O) groups excluding carboxylic acids is 5. The lowest BCUT2D eigenvalue weighted by molar-refractivity contribution is -0.152. The number of imide groups is 1. The van der Waals surface area contributed by atoms with Crippen LogP contribution in [0.3, 0.4) is 0 Å². The van der Waals surface area contributed by atoms with Gasteiger partial charge in [0.1, 0.15) is 12.3 Å². The van der Waals surface area contributed by atoms with Crippen molar-refractivity contribution in [2.24, 2.45) is 11.8 Å². The number of nitrogens with zero attached hydrogens (tertiary/aromatic N) is 1. The second-order valence-corrected chi connectivity index (χ2v) is 12.0. The smallest absolute Gasteiger partial charge is 0.343 e. The minimum atomic E-state index is -0.863. The fraction of sp³-hybridized carbons (Fsp3) is 0.171. The second-order valence-electron chi connectivity index (χ2n) is 11.2. The molecule has 2 atom stereocenters. The van der Waals surface area contributed by atoms with Gasteiger partial charge in [0, 0.05) is 17.4 Å². The normalized spacial score (nSPS) is 20.7. The standard InChI is InChI=1S/C35H23Cl2NO7/c36-25-14-11-19(15-26(25)37)35(43)45-20-12-9-18(10-13-20)27(39)17-44-28(40)16-38-33(41)31-29-21-5-1-2-6-22(21)30(32(31)34(38)42)24-8-4-3-7-23(24)29/h1-15,29-32H,16-17H2. The molecule has 1 fully saturated rings. The first-order valence-electron chi connectivity index (χ1n) is 14.2. The molecule has 1 saturated heterocycles.